The van der Waals surface area contributed by atoms with Crippen LogP contribution in [0.3, 0.4) is 0 Å². The first kappa shape index (κ1) is 16.7. The van der Waals surface area contributed by atoms with E-state index in [9.17, 15) is 14.4 Å². The van der Waals surface area contributed by atoms with Crippen LogP contribution in [0.4, 0.5) is 5.69 Å². The van der Waals surface area contributed by atoms with Gasteiger partial charge in [-0.3, -0.25) is 14.4 Å². The van der Waals surface area contributed by atoms with Crippen LogP contribution in [0.2, 0.25) is 0 Å². The number of carbonyl (C=O) groups excluding carboxylic acids is 3. The van der Waals surface area contributed by atoms with Crippen LogP contribution >= 0.6 is 43.6 Å². The van der Waals surface area contributed by atoms with E-state index < -0.39 is 0 Å². The molecule has 1 aliphatic rings. The number of thioether (sulfide) groups is 1. The third-order valence-corrected chi connectivity index (χ3v) is 5.29. The van der Waals surface area contributed by atoms with Crippen LogP contribution in [-0.2, 0) is 9.59 Å². The topological polar surface area (TPSA) is 54.5 Å². The molecular weight excluding hydrogens is 422 g/mol. The van der Waals surface area contributed by atoms with Gasteiger partial charge in [-0.25, -0.2) is 0 Å². The highest BCUT2D eigenvalue weighted by Gasteiger charge is 2.33. The second-order valence-electron chi connectivity index (χ2n) is 4.82. The third kappa shape index (κ3) is 3.96. The second kappa shape index (κ2) is 7.07. The van der Waals surface area contributed by atoms with Gasteiger partial charge in [0.15, 0.2) is 11.4 Å². The summed E-state index contributed by atoms with van der Waals surface area (Å²) in [6.07, 6.45) is 1.15. The van der Waals surface area contributed by atoms with E-state index in [1.807, 2.05) is 6.07 Å². The van der Waals surface area contributed by atoms with Crippen molar-refractivity contribution in [3.05, 3.63) is 26.6 Å². The number of hydrogen-bond donors (Lipinski definition) is 0. The highest BCUT2D eigenvalue weighted by atomic mass is 79.9. The Balaban J connectivity index is 2.25. The summed E-state index contributed by atoms with van der Waals surface area (Å²) in [6.45, 7) is 2.05. The molecule has 1 aromatic carbocycles. The minimum absolute atomic E-state index is 0.0183. The van der Waals surface area contributed by atoms with Gasteiger partial charge < -0.3 is 4.90 Å². The van der Waals surface area contributed by atoms with Crippen LogP contribution in [0.15, 0.2) is 21.1 Å². The molecule has 0 spiro atoms. The number of rotatable bonds is 4. The average molecular weight is 435 g/mol. The Morgan fingerprint density at radius 3 is 2.81 bits per heavy atom. The maximum atomic E-state index is 12.2. The standard InChI is InChI=1S/C14H13Br2NO3S/c1-8(19)21-7-9-2-13(20)17(5-9)14-10(6-18)3-11(15)4-12(14)16/h3-4,6,9H,2,5,7H2,1H3. The average Bonchev–Trinajstić information content (AvgIpc) is 2.76. The molecule has 0 N–H and O–H groups in total. The van der Waals surface area contributed by atoms with Crippen LogP contribution in [0.1, 0.15) is 23.7 Å². The van der Waals surface area contributed by atoms with E-state index in [2.05, 4.69) is 31.9 Å². The molecule has 1 saturated heterocycles. The number of aldehydes is 1. The Labute approximate surface area is 143 Å². The summed E-state index contributed by atoms with van der Waals surface area (Å²) in [7, 11) is 0. The number of carbonyl (C=O) groups is 3. The molecule has 0 aliphatic carbocycles. The predicted molar refractivity (Wildman–Crippen MR) is 90.8 cm³/mol. The molecule has 112 valence electrons. The van der Waals surface area contributed by atoms with Crippen LogP contribution in [0.25, 0.3) is 0 Å². The summed E-state index contributed by atoms with van der Waals surface area (Å²) in [4.78, 5) is 36.1. The Bertz CT molecular complexity index is 606. The summed E-state index contributed by atoms with van der Waals surface area (Å²) in [5, 5.41) is 0.0549. The number of anilines is 1. The van der Waals surface area contributed by atoms with E-state index in [1.165, 1.54) is 18.7 Å². The molecule has 0 saturated carbocycles. The lowest BCUT2D eigenvalue weighted by atomic mass is 10.1. The largest absolute Gasteiger partial charge is 0.310 e. The monoisotopic (exact) mass is 433 g/mol. The van der Waals surface area contributed by atoms with E-state index in [4.69, 9.17) is 0 Å². The van der Waals surface area contributed by atoms with Gasteiger partial charge in [0.2, 0.25) is 5.91 Å². The van der Waals surface area contributed by atoms with Gasteiger partial charge in [-0.15, -0.1) is 0 Å². The number of amides is 1. The molecule has 7 heteroatoms. The van der Waals surface area contributed by atoms with E-state index in [-0.39, 0.29) is 16.9 Å². The first-order valence-electron chi connectivity index (χ1n) is 6.30. The molecule has 1 amide bonds. The van der Waals surface area contributed by atoms with Gasteiger partial charge in [0.05, 0.1) is 5.69 Å². The van der Waals surface area contributed by atoms with Crippen LogP contribution < -0.4 is 4.90 Å². The van der Waals surface area contributed by atoms with Gasteiger partial charge >= 0.3 is 0 Å². The number of halogens is 2. The van der Waals surface area contributed by atoms with Gasteiger partial charge in [-0.2, -0.15) is 0 Å². The highest BCUT2D eigenvalue weighted by molar-refractivity contribution is 9.11. The number of nitrogens with zero attached hydrogens (tertiary/aromatic N) is 1. The fourth-order valence-electron chi connectivity index (χ4n) is 2.31. The molecule has 1 unspecified atom stereocenters. The summed E-state index contributed by atoms with van der Waals surface area (Å²) in [5.41, 5.74) is 1.07. The van der Waals surface area contributed by atoms with Crippen LogP contribution in [0, 0.1) is 5.92 Å². The minimum atomic E-state index is -0.0183. The lowest BCUT2D eigenvalue weighted by Gasteiger charge is -2.20. The smallest absolute Gasteiger partial charge is 0.227 e. The molecule has 0 aromatic heterocycles. The Hall–Kier alpha value is -0.660. The highest BCUT2D eigenvalue weighted by Crippen LogP contribution is 2.37. The molecule has 0 bridgehead atoms. The molecule has 1 fully saturated rings. The van der Waals surface area contributed by atoms with Crippen LogP contribution in [-0.4, -0.2) is 29.6 Å². The molecule has 2 rings (SSSR count). The van der Waals surface area contributed by atoms with Crippen molar-refractivity contribution in [1.82, 2.24) is 0 Å². The van der Waals surface area contributed by atoms with Gasteiger partial charge in [-0.05, 0) is 34.0 Å². The van der Waals surface area contributed by atoms with Crippen molar-refractivity contribution in [3.8, 4) is 0 Å². The maximum absolute atomic E-state index is 12.2. The zero-order chi connectivity index (χ0) is 15.6. The van der Waals surface area contributed by atoms with E-state index in [0.717, 1.165) is 10.8 Å². The van der Waals surface area contributed by atoms with Crippen molar-refractivity contribution in [2.24, 2.45) is 5.92 Å². The SMILES string of the molecule is CC(=O)SCC1CC(=O)N(c2c(Br)cc(Br)cc2C=O)C1. The second-order valence-corrected chi connectivity index (χ2v) is 7.79. The first-order valence-corrected chi connectivity index (χ1v) is 8.87. The summed E-state index contributed by atoms with van der Waals surface area (Å²) in [5.74, 6) is 0.735. The molecule has 1 heterocycles. The first-order chi connectivity index (χ1) is 9.92. The van der Waals surface area contributed by atoms with Crippen molar-refractivity contribution in [1.29, 1.82) is 0 Å². The lowest BCUT2D eigenvalue weighted by Crippen LogP contribution is -2.26. The summed E-state index contributed by atoms with van der Waals surface area (Å²) < 4.78 is 1.47. The minimum Gasteiger partial charge on any atom is -0.310 e. The quantitative estimate of drug-likeness (QED) is 0.678. The normalized spacial score (nSPS) is 18.1. The van der Waals surface area contributed by atoms with E-state index >= 15 is 0 Å². The Morgan fingerprint density at radius 2 is 2.19 bits per heavy atom. The fourth-order valence-corrected chi connectivity index (χ4v) is 4.47. The van der Waals surface area contributed by atoms with E-state index in [1.54, 1.807) is 11.0 Å². The lowest BCUT2D eigenvalue weighted by molar-refractivity contribution is -0.117. The van der Waals surface area contributed by atoms with E-state index in [0.29, 0.717) is 34.4 Å². The molecule has 21 heavy (non-hydrogen) atoms. The van der Waals surface area contributed by atoms with Crippen molar-refractivity contribution < 1.29 is 14.4 Å². The summed E-state index contributed by atoms with van der Waals surface area (Å²) >= 11 is 7.99. The molecule has 1 aliphatic heterocycles. The van der Waals surface area contributed by atoms with Crippen LogP contribution in [0.5, 0.6) is 0 Å². The van der Waals surface area contributed by atoms with Crippen molar-refractivity contribution >= 4 is 66.6 Å². The third-order valence-electron chi connectivity index (χ3n) is 3.18. The van der Waals surface area contributed by atoms with Crippen molar-refractivity contribution in [2.45, 2.75) is 13.3 Å². The fraction of sp³-hybridized carbons (Fsp3) is 0.357. The molecule has 4 nitrogen and oxygen atoms in total. The maximum Gasteiger partial charge on any atom is 0.227 e. The van der Waals surface area contributed by atoms with Gasteiger partial charge in [0.1, 0.15) is 0 Å². The number of hydrogen-bond acceptors (Lipinski definition) is 4. The summed E-state index contributed by atoms with van der Waals surface area (Å²) in [6, 6.07) is 3.51. The molecule has 0 radical (unpaired) electrons. The molecule has 1 aromatic rings. The van der Waals surface area contributed by atoms with Gasteiger partial charge in [0, 0.05) is 40.2 Å². The molecule has 1 atom stereocenters. The predicted octanol–water partition coefficient (Wildman–Crippen LogP) is 3.66. The van der Waals surface area contributed by atoms with Crippen molar-refractivity contribution in [2.75, 3.05) is 17.2 Å². The number of benzene rings is 1. The molecular formula is C14H13Br2NO3S. The Kier molecular flexibility index (Phi) is 5.62. The van der Waals surface area contributed by atoms with Gasteiger partial charge in [0.25, 0.3) is 0 Å². The zero-order valence-electron chi connectivity index (χ0n) is 11.3. The zero-order valence-corrected chi connectivity index (χ0v) is 15.3. The van der Waals surface area contributed by atoms with Gasteiger partial charge in [-0.1, -0.05) is 27.7 Å². The van der Waals surface area contributed by atoms with Crippen molar-refractivity contribution in [3.63, 3.8) is 0 Å². The Morgan fingerprint density at radius 1 is 1.48 bits per heavy atom.